The third kappa shape index (κ3) is 4.17. The molecule has 1 amide bonds. The van der Waals surface area contributed by atoms with Crippen LogP contribution in [0.4, 0.5) is 11.6 Å². The predicted octanol–water partition coefficient (Wildman–Crippen LogP) is 0.587. The summed E-state index contributed by atoms with van der Waals surface area (Å²) in [6.45, 7) is 4.33. The number of aromatic amines is 1. The molecule has 3 rings (SSSR count). The van der Waals surface area contributed by atoms with Crippen LogP contribution in [0.5, 0.6) is 5.75 Å². The molecular formula is C17H21N5O4. The molecule has 3 heterocycles. The number of hydrogen-bond donors (Lipinski definition) is 3. The van der Waals surface area contributed by atoms with Gasteiger partial charge in [-0.05, 0) is 19.4 Å². The highest BCUT2D eigenvalue weighted by Gasteiger charge is 2.17. The number of hydrogen-bond acceptors (Lipinski definition) is 7. The maximum Gasteiger partial charge on any atom is 0.255 e. The lowest BCUT2D eigenvalue weighted by molar-refractivity contribution is -0.116. The molecule has 1 aliphatic rings. The lowest BCUT2D eigenvalue weighted by Crippen LogP contribution is -2.38. The minimum Gasteiger partial charge on any atom is -0.504 e. The molecule has 3 N–H and O–H groups in total. The molecule has 0 spiro atoms. The third-order valence-corrected chi connectivity index (χ3v) is 4.20. The number of nitrogens with zero attached hydrogens (tertiary/aromatic N) is 3. The normalized spacial score (nSPS) is 14.3. The number of carbonyl (C=O) groups is 1. The molecule has 0 radical (unpaired) electrons. The highest BCUT2D eigenvalue weighted by Crippen LogP contribution is 2.20. The van der Waals surface area contributed by atoms with E-state index in [4.69, 9.17) is 4.74 Å². The molecule has 0 bridgehead atoms. The first-order valence-electron chi connectivity index (χ1n) is 8.40. The van der Waals surface area contributed by atoms with Gasteiger partial charge in [0.25, 0.3) is 5.56 Å². The number of H-pyrrole nitrogens is 1. The van der Waals surface area contributed by atoms with E-state index in [9.17, 15) is 14.7 Å². The van der Waals surface area contributed by atoms with E-state index in [1.165, 1.54) is 18.5 Å². The van der Waals surface area contributed by atoms with E-state index < -0.39 is 0 Å². The quantitative estimate of drug-likeness (QED) is 0.714. The second-order valence-corrected chi connectivity index (χ2v) is 5.99. The van der Waals surface area contributed by atoms with Gasteiger partial charge in [-0.3, -0.25) is 19.6 Å². The van der Waals surface area contributed by atoms with Crippen LogP contribution in [0.2, 0.25) is 0 Å². The second-order valence-electron chi connectivity index (χ2n) is 5.99. The number of amides is 1. The summed E-state index contributed by atoms with van der Waals surface area (Å²) >= 11 is 0. The molecule has 1 aliphatic heterocycles. The summed E-state index contributed by atoms with van der Waals surface area (Å²) < 4.78 is 5.30. The highest BCUT2D eigenvalue weighted by atomic mass is 16.5. The van der Waals surface area contributed by atoms with E-state index in [1.807, 2.05) is 4.90 Å². The number of anilines is 2. The van der Waals surface area contributed by atoms with Crippen molar-refractivity contribution < 1.29 is 14.6 Å². The molecule has 9 heteroatoms. The van der Waals surface area contributed by atoms with Crippen molar-refractivity contribution in [2.75, 3.05) is 36.5 Å². The summed E-state index contributed by atoms with van der Waals surface area (Å²) in [5.74, 6) is 0.125. The van der Waals surface area contributed by atoms with Crippen LogP contribution in [0.15, 0.2) is 23.3 Å². The number of rotatable bonds is 5. The van der Waals surface area contributed by atoms with Crippen LogP contribution in [0, 0.1) is 6.92 Å². The number of pyridine rings is 1. The van der Waals surface area contributed by atoms with E-state index in [1.54, 1.807) is 6.92 Å². The average molecular weight is 359 g/mol. The first kappa shape index (κ1) is 17.9. The molecule has 0 aromatic carbocycles. The smallest absolute Gasteiger partial charge is 0.255 e. The number of ether oxygens (including phenoxy) is 1. The summed E-state index contributed by atoms with van der Waals surface area (Å²) in [5.41, 5.74) is 1.14. The Bertz CT molecular complexity index is 845. The number of aromatic nitrogens is 3. The van der Waals surface area contributed by atoms with Crippen molar-refractivity contribution >= 4 is 17.5 Å². The maximum absolute atomic E-state index is 12.4. The SMILES string of the molecule is Cc1nc(N2CCOCC2)[nH]c(=O)c1CCC(=O)Nc1ccncc1O. The van der Waals surface area contributed by atoms with Crippen LogP contribution < -0.4 is 15.8 Å². The lowest BCUT2D eigenvalue weighted by atomic mass is 10.1. The number of aryl methyl sites for hydroxylation is 1. The molecule has 0 saturated carbocycles. The van der Waals surface area contributed by atoms with Crippen molar-refractivity contribution in [1.82, 2.24) is 15.0 Å². The largest absolute Gasteiger partial charge is 0.504 e. The van der Waals surface area contributed by atoms with Crippen LogP contribution in [0.1, 0.15) is 17.7 Å². The number of carbonyl (C=O) groups excluding carboxylic acids is 1. The summed E-state index contributed by atoms with van der Waals surface area (Å²) in [7, 11) is 0. The Morgan fingerprint density at radius 1 is 1.42 bits per heavy atom. The van der Waals surface area contributed by atoms with Crippen molar-refractivity contribution in [2.24, 2.45) is 0 Å². The maximum atomic E-state index is 12.4. The lowest BCUT2D eigenvalue weighted by Gasteiger charge is -2.27. The Morgan fingerprint density at radius 2 is 2.19 bits per heavy atom. The zero-order chi connectivity index (χ0) is 18.5. The minimum absolute atomic E-state index is 0.101. The van der Waals surface area contributed by atoms with E-state index in [2.05, 4.69) is 20.3 Å². The van der Waals surface area contributed by atoms with Crippen molar-refractivity contribution in [2.45, 2.75) is 19.8 Å². The standard InChI is InChI=1S/C17H21N5O4/c1-11-12(2-3-15(24)20-13-4-5-18-10-14(13)23)16(25)21-17(19-11)22-6-8-26-9-7-22/h4-5,10,23H,2-3,6-9H2,1H3,(H,18,20,24)(H,19,21,25). The van der Waals surface area contributed by atoms with Gasteiger partial charge in [0.2, 0.25) is 11.9 Å². The first-order chi connectivity index (χ1) is 12.5. The molecule has 0 atom stereocenters. The summed E-state index contributed by atoms with van der Waals surface area (Å²) in [6.07, 6.45) is 3.08. The Hall–Kier alpha value is -2.94. The molecule has 9 nitrogen and oxygen atoms in total. The van der Waals surface area contributed by atoms with Gasteiger partial charge in [0, 0.05) is 37.0 Å². The van der Waals surface area contributed by atoms with Gasteiger partial charge in [-0.1, -0.05) is 0 Å². The molecule has 138 valence electrons. The molecule has 2 aromatic rings. The van der Waals surface area contributed by atoms with E-state index in [-0.39, 0.29) is 35.7 Å². The van der Waals surface area contributed by atoms with Crippen LogP contribution in [0.3, 0.4) is 0 Å². The Labute approximate surface area is 150 Å². The topological polar surface area (TPSA) is 120 Å². The van der Waals surface area contributed by atoms with Gasteiger partial charge in [0.05, 0.1) is 25.1 Å². The van der Waals surface area contributed by atoms with Crippen LogP contribution in [0.25, 0.3) is 0 Å². The van der Waals surface area contributed by atoms with Crippen LogP contribution >= 0.6 is 0 Å². The summed E-state index contributed by atoms with van der Waals surface area (Å²) in [4.78, 5) is 37.5. The van der Waals surface area contributed by atoms with Gasteiger partial charge < -0.3 is 20.1 Å². The summed E-state index contributed by atoms with van der Waals surface area (Å²) in [6, 6.07) is 1.50. The zero-order valence-corrected chi connectivity index (χ0v) is 14.5. The van der Waals surface area contributed by atoms with E-state index >= 15 is 0 Å². The van der Waals surface area contributed by atoms with Gasteiger partial charge in [-0.25, -0.2) is 4.98 Å². The predicted molar refractivity (Wildman–Crippen MR) is 95.5 cm³/mol. The zero-order valence-electron chi connectivity index (χ0n) is 14.5. The third-order valence-electron chi connectivity index (χ3n) is 4.20. The van der Waals surface area contributed by atoms with E-state index in [0.29, 0.717) is 43.5 Å². The second kappa shape index (κ2) is 7.96. The fourth-order valence-electron chi connectivity index (χ4n) is 2.76. The van der Waals surface area contributed by atoms with Crippen molar-refractivity contribution in [3.63, 3.8) is 0 Å². The molecule has 0 unspecified atom stereocenters. The van der Waals surface area contributed by atoms with Crippen LogP contribution in [-0.2, 0) is 16.0 Å². The molecule has 2 aromatic heterocycles. The van der Waals surface area contributed by atoms with Gasteiger partial charge in [0.1, 0.15) is 0 Å². The average Bonchev–Trinajstić information content (AvgIpc) is 2.63. The van der Waals surface area contributed by atoms with E-state index in [0.717, 1.165) is 0 Å². The number of morpholine rings is 1. The van der Waals surface area contributed by atoms with Gasteiger partial charge >= 0.3 is 0 Å². The summed E-state index contributed by atoms with van der Waals surface area (Å²) in [5, 5.41) is 12.2. The van der Waals surface area contributed by atoms with Crippen LogP contribution in [-0.4, -0.2) is 52.3 Å². The van der Waals surface area contributed by atoms with Crippen molar-refractivity contribution in [3.8, 4) is 5.75 Å². The highest BCUT2D eigenvalue weighted by molar-refractivity contribution is 5.92. The number of aromatic hydroxyl groups is 1. The Morgan fingerprint density at radius 3 is 2.88 bits per heavy atom. The fraction of sp³-hybridized carbons (Fsp3) is 0.412. The van der Waals surface area contributed by atoms with Crippen molar-refractivity contribution in [1.29, 1.82) is 0 Å². The van der Waals surface area contributed by atoms with Crippen molar-refractivity contribution in [3.05, 3.63) is 40.1 Å². The fourth-order valence-corrected chi connectivity index (χ4v) is 2.76. The first-order valence-corrected chi connectivity index (χ1v) is 8.40. The molecule has 1 saturated heterocycles. The molecular weight excluding hydrogens is 338 g/mol. The number of nitrogens with one attached hydrogen (secondary N) is 2. The minimum atomic E-state index is -0.303. The van der Waals surface area contributed by atoms with Gasteiger partial charge in [-0.2, -0.15) is 0 Å². The monoisotopic (exact) mass is 359 g/mol. The Kier molecular flexibility index (Phi) is 5.47. The van der Waals surface area contributed by atoms with Gasteiger partial charge in [0.15, 0.2) is 5.75 Å². The Balaban J connectivity index is 1.65. The molecule has 26 heavy (non-hydrogen) atoms. The molecule has 1 fully saturated rings. The van der Waals surface area contributed by atoms with Gasteiger partial charge in [-0.15, -0.1) is 0 Å². The molecule has 0 aliphatic carbocycles.